The second-order valence-electron chi connectivity index (χ2n) is 16.5. The summed E-state index contributed by atoms with van der Waals surface area (Å²) in [6.07, 6.45) is 0. The Bertz CT molecular complexity index is 3300. The molecular formula is C62H42N2. The van der Waals surface area contributed by atoms with E-state index in [1.54, 1.807) is 0 Å². The lowest BCUT2D eigenvalue weighted by molar-refractivity contribution is 1.18. The third-order valence-electron chi connectivity index (χ3n) is 12.8. The highest BCUT2D eigenvalue weighted by atomic mass is 15.0. The van der Waals surface area contributed by atoms with E-state index < -0.39 is 0 Å². The lowest BCUT2D eigenvalue weighted by Gasteiger charge is -2.19. The Morgan fingerprint density at radius 3 is 0.734 bits per heavy atom. The van der Waals surface area contributed by atoms with E-state index in [1.165, 1.54) is 88.1 Å². The second kappa shape index (κ2) is 15.8. The summed E-state index contributed by atoms with van der Waals surface area (Å²) in [5, 5.41) is 5.08. The van der Waals surface area contributed by atoms with E-state index in [-0.39, 0.29) is 0 Å². The van der Waals surface area contributed by atoms with Crippen molar-refractivity contribution in [2.45, 2.75) is 0 Å². The SMILES string of the molecule is c1ccc(C(=C(c2ccc(-c3ccc(-n4c5ccccc5c5ccccc54)cc3)cc2)c2ccc(-c3ccc(-n4c5ccccc5c5ccccc54)cc3)cc2)c2ccccc2)cc1. The Morgan fingerprint density at radius 1 is 0.203 bits per heavy atom. The van der Waals surface area contributed by atoms with Crippen LogP contribution in [0.1, 0.15) is 22.3 Å². The van der Waals surface area contributed by atoms with Crippen molar-refractivity contribution in [1.29, 1.82) is 0 Å². The molecule has 0 aliphatic carbocycles. The standard InChI is InChI=1S/C62H42N2/c1-3-15-47(16-4-1)61(48-17-5-2-6-18-48)62(49-31-27-43(28-32-49)45-35-39-51(40-36-45)63-57-23-11-7-19-53(57)54-20-8-12-24-58(54)63)50-33-29-44(30-34-50)46-37-41-52(42-38-46)64-59-25-13-9-21-55(59)56-22-10-14-26-60(56)64/h1-42H. The molecule has 2 heteroatoms. The van der Waals surface area contributed by atoms with Gasteiger partial charge in [-0.3, -0.25) is 0 Å². The molecule has 0 N–H and O–H groups in total. The molecule has 0 aliphatic rings. The van der Waals surface area contributed by atoms with Gasteiger partial charge in [-0.2, -0.15) is 0 Å². The van der Waals surface area contributed by atoms with Gasteiger partial charge in [0.05, 0.1) is 22.1 Å². The maximum atomic E-state index is 2.37. The van der Waals surface area contributed by atoms with Gasteiger partial charge in [0.1, 0.15) is 0 Å². The summed E-state index contributed by atoms with van der Waals surface area (Å²) in [6.45, 7) is 0. The first-order valence-corrected chi connectivity index (χ1v) is 22.0. The lowest BCUT2D eigenvalue weighted by Crippen LogP contribution is -1.98. The first kappa shape index (κ1) is 37.3. The summed E-state index contributed by atoms with van der Waals surface area (Å²) in [5.41, 5.74) is 19.0. The molecule has 0 atom stereocenters. The van der Waals surface area contributed by atoms with Crippen LogP contribution in [0.3, 0.4) is 0 Å². The number of benzene rings is 10. The van der Waals surface area contributed by atoms with Crippen LogP contribution >= 0.6 is 0 Å². The van der Waals surface area contributed by atoms with Gasteiger partial charge in [0, 0.05) is 32.9 Å². The molecule has 0 unspecified atom stereocenters. The molecule has 0 amide bonds. The van der Waals surface area contributed by atoms with Gasteiger partial charge in [-0.15, -0.1) is 0 Å². The van der Waals surface area contributed by atoms with Crippen molar-refractivity contribution >= 4 is 54.8 Å². The van der Waals surface area contributed by atoms with Gasteiger partial charge in [0.2, 0.25) is 0 Å². The molecule has 2 nitrogen and oxygen atoms in total. The third-order valence-corrected chi connectivity index (χ3v) is 12.8. The molecule has 12 aromatic rings. The maximum absolute atomic E-state index is 2.37. The van der Waals surface area contributed by atoms with Crippen molar-refractivity contribution < 1.29 is 0 Å². The van der Waals surface area contributed by atoms with Gasteiger partial charge < -0.3 is 9.13 Å². The monoisotopic (exact) mass is 814 g/mol. The van der Waals surface area contributed by atoms with Gasteiger partial charge in [0.15, 0.2) is 0 Å². The molecule has 0 radical (unpaired) electrons. The van der Waals surface area contributed by atoms with Gasteiger partial charge in [-0.1, -0.05) is 206 Å². The zero-order valence-corrected chi connectivity index (χ0v) is 35.1. The summed E-state index contributed by atoms with van der Waals surface area (Å²) in [4.78, 5) is 0. The summed E-state index contributed by atoms with van der Waals surface area (Å²) in [6, 6.07) is 92.5. The number of para-hydroxylation sites is 4. The highest BCUT2D eigenvalue weighted by Crippen LogP contribution is 2.39. The summed E-state index contributed by atoms with van der Waals surface area (Å²) in [7, 11) is 0. The Labute approximate surface area is 372 Å². The Hall–Kier alpha value is -8.46. The van der Waals surface area contributed by atoms with Crippen molar-refractivity contribution in [2.24, 2.45) is 0 Å². The van der Waals surface area contributed by atoms with Gasteiger partial charge in [-0.05, 0) is 104 Å². The largest absolute Gasteiger partial charge is 0.309 e. The molecule has 10 aromatic carbocycles. The van der Waals surface area contributed by atoms with Crippen LogP contribution in [0.15, 0.2) is 255 Å². The Morgan fingerprint density at radius 2 is 0.438 bits per heavy atom. The number of hydrogen-bond acceptors (Lipinski definition) is 0. The van der Waals surface area contributed by atoms with Crippen LogP contribution in [0.4, 0.5) is 0 Å². The van der Waals surface area contributed by atoms with E-state index in [0.29, 0.717) is 0 Å². The molecule has 64 heavy (non-hydrogen) atoms. The van der Waals surface area contributed by atoms with E-state index in [4.69, 9.17) is 0 Å². The van der Waals surface area contributed by atoms with E-state index in [2.05, 4.69) is 264 Å². The maximum Gasteiger partial charge on any atom is 0.0541 e. The van der Waals surface area contributed by atoms with Crippen LogP contribution in [-0.2, 0) is 0 Å². The molecule has 0 spiro atoms. The predicted octanol–water partition coefficient (Wildman–Crippen LogP) is 16.2. The van der Waals surface area contributed by atoms with E-state index in [1.807, 2.05) is 0 Å². The summed E-state index contributed by atoms with van der Waals surface area (Å²) >= 11 is 0. The Balaban J connectivity index is 0.916. The van der Waals surface area contributed by atoms with Crippen LogP contribution in [0.5, 0.6) is 0 Å². The minimum Gasteiger partial charge on any atom is -0.309 e. The van der Waals surface area contributed by atoms with Crippen LogP contribution < -0.4 is 0 Å². The Kier molecular flexibility index (Phi) is 9.20. The predicted molar refractivity (Wildman–Crippen MR) is 270 cm³/mol. The minimum absolute atomic E-state index is 1.15. The number of nitrogens with zero attached hydrogens (tertiary/aromatic N) is 2. The third kappa shape index (κ3) is 6.44. The highest BCUT2D eigenvalue weighted by Gasteiger charge is 2.18. The molecule has 2 heterocycles. The smallest absolute Gasteiger partial charge is 0.0541 e. The topological polar surface area (TPSA) is 9.86 Å². The average Bonchev–Trinajstić information content (AvgIpc) is 3.90. The molecule has 0 saturated heterocycles. The van der Waals surface area contributed by atoms with Gasteiger partial charge >= 0.3 is 0 Å². The van der Waals surface area contributed by atoms with Crippen LogP contribution in [0.25, 0.3) is 88.4 Å². The molecule has 0 saturated carbocycles. The normalized spacial score (nSPS) is 11.4. The zero-order chi connectivity index (χ0) is 42.4. The highest BCUT2D eigenvalue weighted by molar-refractivity contribution is 6.10. The summed E-state index contributed by atoms with van der Waals surface area (Å²) < 4.78 is 4.74. The second-order valence-corrected chi connectivity index (χ2v) is 16.5. The fraction of sp³-hybridized carbons (Fsp3) is 0. The number of fused-ring (bicyclic) bond motifs is 6. The summed E-state index contributed by atoms with van der Waals surface area (Å²) in [5.74, 6) is 0. The average molecular weight is 815 g/mol. The molecule has 2 aromatic heterocycles. The molecule has 12 rings (SSSR count). The number of aromatic nitrogens is 2. The fourth-order valence-corrected chi connectivity index (χ4v) is 9.79. The molecule has 0 bridgehead atoms. The zero-order valence-electron chi connectivity index (χ0n) is 35.1. The van der Waals surface area contributed by atoms with E-state index in [9.17, 15) is 0 Å². The van der Waals surface area contributed by atoms with Crippen LogP contribution in [-0.4, -0.2) is 9.13 Å². The van der Waals surface area contributed by atoms with Gasteiger partial charge in [-0.25, -0.2) is 0 Å². The molecule has 0 fully saturated rings. The van der Waals surface area contributed by atoms with Crippen molar-refractivity contribution in [2.75, 3.05) is 0 Å². The van der Waals surface area contributed by atoms with Crippen LogP contribution in [0.2, 0.25) is 0 Å². The molecule has 0 aliphatic heterocycles. The first-order valence-electron chi connectivity index (χ1n) is 22.0. The lowest BCUT2D eigenvalue weighted by atomic mass is 9.85. The fourth-order valence-electron chi connectivity index (χ4n) is 9.79. The van der Waals surface area contributed by atoms with Crippen molar-refractivity contribution in [3.8, 4) is 33.6 Å². The van der Waals surface area contributed by atoms with E-state index >= 15 is 0 Å². The number of hydrogen-bond donors (Lipinski definition) is 0. The van der Waals surface area contributed by atoms with Gasteiger partial charge in [0.25, 0.3) is 0 Å². The van der Waals surface area contributed by atoms with E-state index in [0.717, 1.165) is 22.5 Å². The van der Waals surface area contributed by atoms with Crippen molar-refractivity contribution in [1.82, 2.24) is 9.13 Å². The number of rotatable bonds is 8. The first-order chi connectivity index (χ1) is 31.8. The van der Waals surface area contributed by atoms with Crippen molar-refractivity contribution in [3.63, 3.8) is 0 Å². The van der Waals surface area contributed by atoms with Crippen molar-refractivity contribution in [3.05, 3.63) is 277 Å². The minimum atomic E-state index is 1.15. The molecule has 300 valence electrons. The van der Waals surface area contributed by atoms with Crippen LogP contribution in [0, 0.1) is 0 Å². The molecular weight excluding hydrogens is 773 g/mol. The quantitative estimate of drug-likeness (QED) is 0.135.